The topological polar surface area (TPSA) is 49.7 Å². The zero-order valence-corrected chi connectivity index (χ0v) is 7.22. The van der Waals surface area contributed by atoms with Crippen molar-refractivity contribution in [3.63, 3.8) is 0 Å². The normalized spacial score (nSPS) is 32.2. The summed E-state index contributed by atoms with van der Waals surface area (Å²) >= 11 is 1.14. The Labute approximate surface area is 70.9 Å². The van der Waals surface area contributed by atoms with Gasteiger partial charge in [-0.3, -0.25) is 0 Å². The van der Waals surface area contributed by atoms with Crippen LogP contribution in [0.5, 0.6) is 0 Å². The minimum absolute atomic E-state index is 0.303. The van der Waals surface area contributed by atoms with Crippen molar-refractivity contribution in [2.45, 2.75) is 30.9 Å². The van der Waals surface area contributed by atoms with Crippen LogP contribution < -0.4 is 0 Å². The number of hydrogen-bond donors (Lipinski definition) is 2. The minimum atomic E-state index is 0.303. The van der Waals surface area contributed by atoms with Gasteiger partial charge in [0.25, 0.3) is 0 Å². The van der Waals surface area contributed by atoms with Gasteiger partial charge in [0.05, 0.1) is 0 Å². The van der Waals surface area contributed by atoms with Crippen LogP contribution in [0, 0.1) is 5.92 Å². The van der Waals surface area contributed by atoms with E-state index in [9.17, 15) is 0 Å². The highest BCUT2D eigenvalue weighted by Crippen LogP contribution is 2.31. The van der Waals surface area contributed by atoms with E-state index in [4.69, 9.17) is 10.4 Å². The predicted octanol–water partition coefficient (Wildman–Crippen LogP) is 1.68. The molecule has 0 spiro atoms. The Balaban J connectivity index is 2.14. The van der Waals surface area contributed by atoms with Crippen molar-refractivity contribution in [3.05, 3.63) is 0 Å². The molecule has 0 radical (unpaired) electrons. The number of aliphatic hydroxyl groups excluding tert-OH is 1. The third kappa shape index (κ3) is 2.99. The van der Waals surface area contributed by atoms with E-state index in [-0.39, 0.29) is 0 Å². The monoisotopic (exact) mass is 178 g/mol. The molecule has 0 unspecified atom stereocenters. The molecule has 0 bridgehead atoms. The highest BCUT2D eigenvalue weighted by Gasteiger charge is 2.21. The van der Waals surface area contributed by atoms with Crippen molar-refractivity contribution in [3.8, 4) is 0 Å². The fourth-order valence-corrected chi connectivity index (χ4v) is 2.06. The summed E-state index contributed by atoms with van der Waals surface area (Å²) in [6, 6.07) is 0. The van der Waals surface area contributed by atoms with Crippen molar-refractivity contribution in [2.24, 2.45) is 5.92 Å². The molecule has 1 aliphatic carbocycles. The van der Waals surface area contributed by atoms with Gasteiger partial charge in [0.1, 0.15) is 0 Å². The first-order valence-corrected chi connectivity index (χ1v) is 4.75. The molecule has 4 heteroatoms. The van der Waals surface area contributed by atoms with Crippen LogP contribution in [-0.4, -0.2) is 22.2 Å². The molecule has 0 atom stereocenters. The van der Waals surface area contributed by atoms with Gasteiger partial charge < -0.3 is 5.11 Å². The highest BCUT2D eigenvalue weighted by atomic mass is 32.2. The lowest BCUT2D eigenvalue weighted by molar-refractivity contribution is -0.117. The first kappa shape index (κ1) is 9.32. The van der Waals surface area contributed by atoms with Crippen molar-refractivity contribution >= 4 is 12.0 Å². The lowest BCUT2D eigenvalue weighted by atomic mass is 9.90. The molecule has 66 valence electrons. The Kier molecular flexibility index (Phi) is 4.22. The van der Waals surface area contributed by atoms with Gasteiger partial charge in [-0.2, -0.15) is 4.33 Å². The lowest BCUT2D eigenvalue weighted by Crippen LogP contribution is -2.18. The van der Waals surface area contributed by atoms with Gasteiger partial charge in [-0.25, -0.2) is 5.26 Å². The number of hydrogen-bond acceptors (Lipinski definition) is 4. The zero-order valence-electron chi connectivity index (χ0n) is 6.40. The molecule has 1 fully saturated rings. The summed E-state index contributed by atoms with van der Waals surface area (Å²) in [5, 5.41) is 17.4. The van der Waals surface area contributed by atoms with E-state index in [1.165, 1.54) is 0 Å². The summed E-state index contributed by atoms with van der Waals surface area (Å²) in [6.45, 7) is 0.303. The van der Waals surface area contributed by atoms with E-state index in [1.54, 1.807) is 0 Å². The second kappa shape index (κ2) is 4.98. The van der Waals surface area contributed by atoms with Crippen molar-refractivity contribution in [1.82, 2.24) is 0 Å². The molecule has 0 heterocycles. The Bertz CT molecular complexity index is 102. The molecule has 1 saturated carbocycles. The Morgan fingerprint density at radius 2 is 1.91 bits per heavy atom. The molecule has 0 aromatic carbocycles. The average Bonchev–Trinajstić information content (AvgIpc) is 2.07. The van der Waals surface area contributed by atoms with Crippen LogP contribution in [0.3, 0.4) is 0 Å². The van der Waals surface area contributed by atoms with Crippen LogP contribution in [-0.2, 0) is 4.33 Å². The smallest absolute Gasteiger partial charge is 0.0459 e. The summed E-state index contributed by atoms with van der Waals surface area (Å²) in [7, 11) is 0. The molecule has 3 nitrogen and oxygen atoms in total. The Morgan fingerprint density at radius 1 is 1.27 bits per heavy atom. The van der Waals surface area contributed by atoms with Crippen LogP contribution in [0.4, 0.5) is 0 Å². The molecule has 0 saturated heterocycles. The molecule has 0 aromatic heterocycles. The Morgan fingerprint density at radius 3 is 2.36 bits per heavy atom. The van der Waals surface area contributed by atoms with Crippen LogP contribution in [0.1, 0.15) is 25.7 Å². The fraction of sp³-hybridized carbons (Fsp3) is 1.00. The maximum Gasteiger partial charge on any atom is 0.0459 e. The summed E-state index contributed by atoms with van der Waals surface area (Å²) in [5.41, 5.74) is 0. The molecule has 0 aliphatic heterocycles. The van der Waals surface area contributed by atoms with Crippen molar-refractivity contribution < 1.29 is 14.7 Å². The van der Waals surface area contributed by atoms with Crippen LogP contribution in [0.15, 0.2) is 0 Å². The maximum absolute atomic E-state index is 8.82. The molecule has 1 rings (SSSR count). The Hall–Kier alpha value is 0.230. The summed E-state index contributed by atoms with van der Waals surface area (Å²) < 4.78 is 4.00. The van der Waals surface area contributed by atoms with Crippen LogP contribution in [0.25, 0.3) is 0 Å². The van der Waals surface area contributed by atoms with E-state index in [2.05, 4.69) is 4.33 Å². The summed E-state index contributed by atoms with van der Waals surface area (Å²) in [6.07, 6.45) is 4.18. The van der Waals surface area contributed by atoms with Gasteiger partial charge in [-0.1, -0.05) is 0 Å². The van der Waals surface area contributed by atoms with Crippen LogP contribution in [0.2, 0.25) is 0 Å². The summed E-state index contributed by atoms with van der Waals surface area (Å²) in [5.74, 6) is 0.477. The molecule has 11 heavy (non-hydrogen) atoms. The average molecular weight is 178 g/mol. The molecular weight excluding hydrogens is 164 g/mol. The lowest BCUT2D eigenvalue weighted by Gasteiger charge is -2.24. The minimum Gasteiger partial charge on any atom is -0.396 e. The molecule has 2 N–H and O–H groups in total. The quantitative estimate of drug-likeness (QED) is 0.392. The van der Waals surface area contributed by atoms with Gasteiger partial charge in [-0.15, -0.1) is 0 Å². The van der Waals surface area contributed by atoms with Crippen LogP contribution >= 0.6 is 12.0 Å². The third-order valence-corrected chi connectivity index (χ3v) is 3.06. The number of rotatable bonds is 3. The first-order valence-electron chi connectivity index (χ1n) is 3.94. The van der Waals surface area contributed by atoms with Gasteiger partial charge in [0.15, 0.2) is 0 Å². The second-order valence-corrected chi connectivity index (χ2v) is 4.00. The van der Waals surface area contributed by atoms with E-state index in [1.807, 2.05) is 0 Å². The zero-order chi connectivity index (χ0) is 8.10. The van der Waals surface area contributed by atoms with E-state index in [0.29, 0.717) is 17.8 Å². The van der Waals surface area contributed by atoms with E-state index < -0.39 is 0 Å². The highest BCUT2D eigenvalue weighted by molar-refractivity contribution is 7.95. The third-order valence-electron chi connectivity index (χ3n) is 2.23. The molecule has 1 aliphatic rings. The predicted molar refractivity (Wildman–Crippen MR) is 44.1 cm³/mol. The standard InChI is InChI=1S/C7H14O3S/c8-5-6-1-3-7(4-2-6)11-10-9/h6-9H,1-5H2. The fourth-order valence-electron chi connectivity index (χ4n) is 1.47. The van der Waals surface area contributed by atoms with E-state index >= 15 is 0 Å². The van der Waals surface area contributed by atoms with E-state index in [0.717, 1.165) is 37.7 Å². The second-order valence-electron chi connectivity index (χ2n) is 3.00. The molecule has 0 amide bonds. The first-order chi connectivity index (χ1) is 5.36. The van der Waals surface area contributed by atoms with Crippen molar-refractivity contribution in [2.75, 3.05) is 6.61 Å². The maximum atomic E-state index is 8.82. The summed E-state index contributed by atoms with van der Waals surface area (Å²) in [4.78, 5) is 0. The van der Waals surface area contributed by atoms with Gasteiger partial charge in [-0.05, 0) is 31.6 Å². The van der Waals surface area contributed by atoms with Gasteiger partial charge in [0.2, 0.25) is 0 Å². The molecular formula is C7H14O3S. The number of aliphatic hydroxyl groups is 1. The largest absolute Gasteiger partial charge is 0.396 e. The van der Waals surface area contributed by atoms with Crippen molar-refractivity contribution in [1.29, 1.82) is 0 Å². The SMILES string of the molecule is OCC1CCC(SOO)CC1. The molecule has 0 aromatic rings. The van der Waals surface area contributed by atoms with Gasteiger partial charge >= 0.3 is 0 Å². The van der Waals surface area contributed by atoms with Gasteiger partial charge in [0, 0.05) is 23.9 Å².